The van der Waals surface area contributed by atoms with Crippen molar-refractivity contribution < 1.29 is 9.59 Å². The second-order valence-corrected chi connectivity index (χ2v) is 5.86. The lowest BCUT2D eigenvalue weighted by atomic mass is 10.1. The second kappa shape index (κ2) is 13.9. The number of hydrogen-bond donors (Lipinski definition) is 1. The van der Waals surface area contributed by atoms with Gasteiger partial charge in [0.25, 0.3) is 0 Å². The number of carbonyl (C=O) groups is 2. The molecule has 0 aromatic heterocycles. The van der Waals surface area contributed by atoms with Crippen LogP contribution in [0.15, 0.2) is 0 Å². The molecule has 4 nitrogen and oxygen atoms in total. The summed E-state index contributed by atoms with van der Waals surface area (Å²) in [4.78, 5) is 24.0. The zero-order chi connectivity index (χ0) is 15.9. The Morgan fingerprint density at radius 2 is 1.29 bits per heavy atom. The summed E-state index contributed by atoms with van der Waals surface area (Å²) in [7, 11) is 0. The number of nitrogens with zero attached hydrogens (tertiary/aromatic N) is 1. The van der Waals surface area contributed by atoms with Crippen LogP contribution in [0.4, 0.5) is 0 Å². The Labute approximate surface area is 130 Å². The molecule has 0 fully saturated rings. The summed E-state index contributed by atoms with van der Waals surface area (Å²) in [5.41, 5.74) is 0. The molecule has 0 atom stereocenters. The second-order valence-electron chi connectivity index (χ2n) is 5.86. The quantitative estimate of drug-likeness (QED) is 0.415. The molecular formula is C17H34N2O2. The molecule has 0 aliphatic rings. The molecule has 0 saturated heterocycles. The minimum absolute atomic E-state index is 0.0275. The maximum atomic E-state index is 11.4. The molecule has 0 aliphatic heterocycles. The summed E-state index contributed by atoms with van der Waals surface area (Å²) in [6, 6.07) is 0. The van der Waals surface area contributed by atoms with Gasteiger partial charge in [0.15, 0.2) is 0 Å². The van der Waals surface area contributed by atoms with E-state index in [-0.39, 0.29) is 11.8 Å². The van der Waals surface area contributed by atoms with Crippen molar-refractivity contribution in [2.24, 2.45) is 0 Å². The fourth-order valence-electron chi connectivity index (χ4n) is 2.34. The van der Waals surface area contributed by atoms with Crippen molar-refractivity contribution in [3.63, 3.8) is 0 Å². The summed E-state index contributed by atoms with van der Waals surface area (Å²) in [6.45, 7) is 6.35. The van der Waals surface area contributed by atoms with Crippen LogP contribution in [-0.2, 0) is 9.59 Å². The summed E-state index contributed by atoms with van der Waals surface area (Å²) in [5, 5.41) is 2.68. The number of unbranched alkanes of at least 4 members (excludes halogenated alkanes) is 9. The molecule has 21 heavy (non-hydrogen) atoms. The van der Waals surface area contributed by atoms with Crippen molar-refractivity contribution in [1.82, 2.24) is 10.2 Å². The molecule has 0 aromatic rings. The fraction of sp³-hybridized carbons (Fsp3) is 0.882. The van der Waals surface area contributed by atoms with Crippen LogP contribution in [0.5, 0.6) is 0 Å². The molecule has 0 rings (SSSR count). The lowest BCUT2D eigenvalue weighted by Gasteiger charge is -2.21. The Kier molecular flexibility index (Phi) is 13.2. The number of carbonyl (C=O) groups excluding carboxylic acids is 2. The Morgan fingerprint density at radius 1 is 0.810 bits per heavy atom. The van der Waals surface area contributed by atoms with Gasteiger partial charge >= 0.3 is 0 Å². The largest absolute Gasteiger partial charge is 0.339 e. The van der Waals surface area contributed by atoms with Gasteiger partial charge in [-0.05, 0) is 6.42 Å². The van der Waals surface area contributed by atoms with E-state index in [0.717, 1.165) is 13.0 Å². The Bertz CT molecular complexity index is 280. The van der Waals surface area contributed by atoms with E-state index in [1.54, 1.807) is 11.8 Å². The van der Waals surface area contributed by atoms with Crippen LogP contribution in [0, 0.1) is 0 Å². The van der Waals surface area contributed by atoms with E-state index < -0.39 is 0 Å². The third-order valence-electron chi connectivity index (χ3n) is 3.75. The predicted octanol–water partition coefficient (Wildman–Crippen LogP) is 3.85. The van der Waals surface area contributed by atoms with E-state index in [1.807, 2.05) is 0 Å². The van der Waals surface area contributed by atoms with Crippen LogP contribution in [0.3, 0.4) is 0 Å². The molecule has 0 spiro atoms. The highest BCUT2D eigenvalue weighted by atomic mass is 16.2. The zero-order valence-corrected chi connectivity index (χ0v) is 14.2. The van der Waals surface area contributed by atoms with Crippen LogP contribution in [-0.4, -0.2) is 29.9 Å². The van der Waals surface area contributed by atoms with E-state index >= 15 is 0 Å². The minimum Gasteiger partial charge on any atom is -0.339 e. The van der Waals surface area contributed by atoms with Crippen molar-refractivity contribution >= 4 is 11.8 Å². The maximum absolute atomic E-state index is 11.4. The smallest absolute Gasteiger partial charge is 0.220 e. The van der Waals surface area contributed by atoms with Crippen molar-refractivity contribution in [3.05, 3.63) is 0 Å². The first kappa shape index (κ1) is 19.9. The Morgan fingerprint density at radius 3 is 1.71 bits per heavy atom. The van der Waals surface area contributed by atoms with Crippen LogP contribution in [0.1, 0.15) is 85.0 Å². The molecule has 0 radical (unpaired) electrons. The van der Waals surface area contributed by atoms with Crippen molar-refractivity contribution in [2.45, 2.75) is 85.0 Å². The summed E-state index contributed by atoms with van der Waals surface area (Å²) in [6.07, 6.45) is 12.9. The average Bonchev–Trinajstić information content (AvgIpc) is 2.43. The molecule has 0 unspecified atom stereocenters. The lowest BCUT2D eigenvalue weighted by Crippen LogP contribution is -2.39. The molecule has 1 N–H and O–H groups in total. The first-order valence-corrected chi connectivity index (χ1v) is 8.57. The SMILES string of the molecule is CCCCCCCCCCCCN(CNC(C)=O)C(C)=O. The summed E-state index contributed by atoms with van der Waals surface area (Å²) >= 11 is 0. The molecule has 4 heteroatoms. The molecule has 2 amide bonds. The number of amides is 2. The van der Waals surface area contributed by atoms with Gasteiger partial charge < -0.3 is 10.2 Å². The Balaban J connectivity index is 3.45. The number of nitrogens with one attached hydrogen (secondary N) is 1. The van der Waals surface area contributed by atoms with Crippen molar-refractivity contribution in [3.8, 4) is 0 Å². The molecule has 0 heterocycles. The standard InChI is InChI=1S/C17H34N2O2/c1-4-5-6-7-8-9-10-11-12-13-14-19(17(3)21)15-18-16(2)20/h4-15H2,1-3H3,(H,18,20). The minimum atomic E-state index is -0.0932. The number of hydrogen-bond acceptors (Lipinski definition) is 2. The first-order valence-electron chi connectivity index (χ1n) is 8.57. The van der Waals surface area contributed by atoms with Gasteiger partial charge in [-0.15, -0.1) is 0 Å². The van der Waals surface area contributed by atoms with Gasteiger partial charge in [0.05, 0.1) is 6.67 Å². The zero-order valence-electron chi connectivity index (χ0n) is 14.2. The van der Waals surface area contributed by atoms with Crippen LogP contribution in [0.2, 0.25) is 0 Å². The highest BCUT2D eigenvalue weighted by Crippen LogP contribution is 2.10. The van der Waals surface area contributed by atoms with Gasteiger partial charge in [-0.1, -0.05) is 64.7 Å². The highest BCUT2D eigenvalue weighted by molar-refractivity contribution is 5.75. The van der Waals surface area contributed by atoms with Gasteiger partial charge in [-0.3, -0.25) is 9.59 Å². The van der Waals surface area contributed by atoms with Gasteiger partial charge in [-0.25, -0.2) is 0 Å². The Hall–Kier alpha value is -1.06. The van der Waals surface area contributed by atoms with Gasteiger partial charge in [0, 0.05) is 20.4 Å². The summed E-state index contributed by atoms with van der Waals surface area (Å²) in [5.74, 6) is -0.0657. The third kappa shape index (κ3) is 13.7. The summed E-state index contributed by atoms with van der Waals surface area (Å²) < 4.78 is 0. The normalized spacial score (nSPS) is 10.4. The van der Waals surface area contributed by atoms with E-state index in [2.05, 4.69) is 12.2 Å². The molecular weight excluding hydrogens is 264 g/mol. The molecule has 0 aliphatic carbocycles. The molecule has 0 bridgehead atoms. The average molecular weight is 298 g/mol. The first-order chi connectivity index (χ1) is 10.1. The van der Waals surface area contributed by atoms with Crippen molar-refractivity contribution in [2.75, 3.05) is 13.2 Å². The number of rotatable bonds is 13. The van der Waals surface area contributed by atoms with E-state index in [0.29, 0.717) is 6.67 Å². The van der Waals surface area contributed by atoms with Gasteiger partial charge in [-0.2, -0.15) is 0 Å². The topological polar surface area (TPSA) is 49.4 Å². The van der Waals surface area contributed by atoms with E-state index in [1.165, 1.54) is 64.7 Å². The third-order valence-corrected chi connectivity index (χ3v) is 3.75. The van der Waals surface area contributed by atoms with Gasteiger partial charge in [0.2, 0.25) is 11.8 Å². The van der Waals surface area contributed by atoms with E-state index in [4.69, 9.17) is 0 Å². The highest BCUT2D eigenvalue weighted by Gasteiger charge is 2.07. The molecule has 0 saturated carbocycles. The van der Waals surface area contributed by atoms with E-state index in [9.17, 15) is 9.59 Å². The monoisotopic (exact) mass is 298 g/mol. The lowest BCUT2D eigenvalue weighted by molar-refractivity contribution is -0.130. The van der Waals surface area contributed by atoms with Crippen LogP contribution < -0.4 is 5.32 Å². The van der Waals surface area contributed by atoms with Crippen LogP contribution in [0.25, 0.3) is 0 Å². The molecule has 0 aromatic carbocycles. The van der Waals surface area contributed by atoms with Gasteiger partial charge in [0.1, 0.15) is 0 Å². The maximum Gasteiger partial charge on any atom is 0.220 e. The molecule has 124 valence electrons. The fourth-order valence-corrected chi connectivity index (χ4v) is 2.34. The predicted molar refractivity (Wildman–Crippen MR) is 87.9 cm³/mol. The van der Waals surface area contributed by atoms with Crippen LogP contribution >= 0.6 is 0 Å². The van der Waals surface area contributed by atoms with Crippen molar-refractivity contribution in [1.29, 1.82) is 0 Å².